The summed E-state index contributed by atoms with van der Waals surface area (Å²) in [6, 6.07) is 1.70. The number of aromatic nitrogens is 2. The molecule has 25 heavy (non-hydrogen) atoms. The summed E-state index contributed by atoms with van der Waals surface area (Å²) in [4.78, 5) is 36.3. The molecule has 2 saturated heterocycles. The van der Waals surface area contributed by atoms with Crippen molar-refractivity contribution in [1.82, 2.24) is 19.8 Å². The molecule has 1 N–H and O–H groups in total. The van der Waals surface area contributed by atoms with E-state index in [1.54, 1.807) is 29.7 Å². The van der Waals surface area contributed by atoms with Gasteiger partial charge in [-0.15, -0.1) is 0 Å². The normalized spacial score (nSPS) is 20.6. The molecule has 2 fully saturated rings. The first kappa shape index (κ1) is 17.6. The zero-order valence-corrected chi connectivity index (χ0v) is 14.8. The third kappa shape index (κ3) is 4.45. The van der Waals surface area contributed by atoms with E-state index in [2.05, 4.69) is 15.3 Å². The maximum Gasteiger partial charge on any atom is 0.272 e. The number of carbonyl (C=O) groups is 2. The van der Waals surface area contributed by atoms with Gasteiger partial charge >= 0.3 is 0 Å². The van der Waals surface area contributed by atoms with Crippen molar-refractivity contribution in [3.63, 3.8) is 0 Å². The van der Waals surface area contributed by atoms with Gasteiger partial charge in [-0.25, -0.2) is 9.97 Å². The SMILES string of the molecule is CC(=O)N1CCN(C(=O)c2cc(NCC3CCCO3)nc(C)n2)CC1. The number of carbonyl (C=O) groups excluding carboxylic acids is 2. The zero-order valence-electron chi connectivity index (χ0n) is 14.8. The molecule has 0 bridgehead atoms. The van der Waals surface area contributed by atoms with Crippen LogP contribution in [0.25, 0.3) is 0 Å². The number of nitrogens with zero attached hydrogens (tertiary/aromatic N) is 4. The number of ether oxygens (including phenoxy) is 1. The largest absolute Gasteiger partial charge is 0.376 e. The topological polar surface area (TPSA) is 87.7 Å². The minimum atomic E-state index is -0.117. The van der Waals surface area contributed by atoms with Crippen molar-refractivity contribution in [2.75, 3.05) is 44.6 Å². The summed E-state index contributed by atoms with van der Waals surface area (Å²) in [7, 11) is 0. The van der Waals surface area contributed by atoms with Gasteiger partial charge in [0.15, 0.2) is 0 Å². The Kier molecular flexibility index (Phi) is 5.47. The Morgan fingerprint density at radius 2 is 1.96 bits per heavy atom. The number of piperazine rings is 1. The molecule has 1 aromatic heterocycles. The van der Waals surface area contributed by atoms with Gasteiger partial charge in [-0.2, -0.15) is 0 Å². The number of rotatable bonds is 4. The summed E-state index contributed by atoms with van der Waals surface area (Å²) in [5.74, 6) is 1.14. The monoisotopic (exact) mass is 347 g/mol. The van der Waals surface area contributed by atoms with Crippen molar-refractivity contribution in [2.45, 2.75) is 32.8 Å². The molecule has 0 spiro atoms. The third-order valence-corrected chi connectivity index (χ3v) is 4.60. The number of hydrogen-bond donors (Lipinski definition) is 1. The lowest BCUT2D eigenvalue weighted by Gasteiger charge is -2.34. The second-order valence-electron chi connectivity index (χ2n) is 6.50. The minimum Gasteiger partial charge on any atom is -0.376 e. The smallest absolute Gasteiger partial charge is 0.272 e. The molecule has 8 heteroatoms. The van der Waals surface area contributed by atoms with Gasteiger partial charge in [-0.1, -0.05) is 0 Å². The molecule has 0 aromatic carbocycles. The molecular formula is C17H25N5O3. The van der Waals surface area contributed by atoms with Crippen molar-refractivity contribution in [3.8, 4) is 0 Å². The Morgan fingerprint density at radius 3 is 2.60 bits per heavy atom. The summed E-state index contributed by atoms with van der Waals surface area (Å²) in [6.45, 7) is 7.01. The van der Waals surface area contributed by atoms with Gasteiger partial charge in [0, 0.05) is 52.3 Å². The van der Waals surface area contributed by atoms with Gasteiger partial charge in [0.2, 0.25) is 5.91 Å². The highest BCUT2D eigenvalue weighted by Crippen LogP contribution is 2.15. The molecule has 1 aromatic rings. The summed E-state index contributed by atoms with van der Waals surface area (Å²) in [5.41, 5.74) is 0.388. The van der Waals surface area contributed by atoms with Crippen LogP contribution in [-0.4, -0.2) is 77.0 Å². The van der Waals surface area contributed by atoms with Crippen molar-refractivity contribution in [1.29, 1.82) is 0 Å². The first-order valence-corrected chi connectivity index (χ1v) is 8.79. The first-order chi connectivity index (χ1) is 12.0. The van der Waals surface area contributed by atoms with Gasteiger partial charge < -0.3 is 19.9 Å². The average molecular weight is 347 g/mol. The Balaban J connectivity index is 1.63. The number of amides is 2. The molecule has 3 rings (SSSR count). The lowest BCUT2D eigenvalue weighted by molar-refractivity contribution is -0.130. The van der Waals surface area contributed by atoms with Gasteiger partial charge in [0.1, 0.15) is 17.3 Å². The molecule has 1 unspecified atom stereocenters. The van der Waals surface area contributed by atoms with Crippen LogP contribution in [0.2, 0.25) is 0 Å². The fraction of sp³-hybridized carbons (Fsp3) is 0.647. The van der Waals surface area contributed by atoms with Crippen LogP contribution in [0.4, 0.5) is 5.82 Å². The second kappa shape index (κ2) is 7.77. The highest BCUT2D eigenvalue weighted by Gasteiger charge is 2.24. The van der Waals surface area contributed by atoms with E-state index in [-0.39, 0.29) is 17.9 Å². The fourth-order valence-electron chi connectivity index (χ4n) is 3.18. The van der Waals surface area contributed by atoms with Crippen LogP contribution >= 0.6 is 0 Å². The van der Waals surface area contributed by atoms with Crippen LogP contribution in [0.1, 0.15) is 36.1 Å². The van der Waals surface area contributed by atoms with E-state index in [0.717, 1.165) is 19.4 Å². The average Bonchev–Trinajstić information content (AvgIpc) is 3.12. The van der Waals surface area contributed by atoms with Crippen LogP contribution in [-0.2, 0) is 9.53 Å². The number of hydrogen-bond acceptors (Lipinski definition) is 6. The maximum absolute atomic E-state index is 12.7. The van der Waals surface area contributed by atoms with Gasteiger partial charge in [-0.05, 0) is 19.8 Å². The molecule has 1 atom stereocenters. The van der Waals surface area contributed by atoms with Crippen molar-refractivity contribution >= 4 is 17.6 Å². The Bertz CT molecular complexity index is 637. The lowest BCUT2D eigenvalue weighted by atomic mass is 10.2. The van der Waals surface area contributed by atoms with Gasteiger partial charge in [0.05, 0.1) is 6.10 Å². The standard InChI is InChI=1S/C17H25N5O3/c1-12-19-15(10-16(20-12)18-11-14-4-3-9-25-14)17(24)22-7-5-21(6-8-22)13(2)23/h10,14H,3-9,11H2,1-2H3,(H,18,19,20). The van der Waals surface area contributed by atoms with Crippen LogP contribution in [0.5, 0.6) is 0 Å². The molecule has 3 heterocycles. The van der Waals surface area contributed by atoms with Crippen LogP contribution in [0.15, 0.2) is 6.07 Å². The zero-order chi connectivity index (χ0) is 17.8. The van der Waals surface area contributed by atoms with Crippen molar-refractivity contribution in [2.24, 2.45) is 0 Å². The summed E-state index contributed by atoms with van der Waals surface area (Å²) in [6.07, 6.45) is 2.34. The van der Waals surface area contributed by atoms with E-state index in [9.17, 15) is 9.59 Å². The van der Waals surface area contributed by atoms with E-state index < -0.39 is 0 Å². The van der Waals surface area contributed by atoms with Gasteiger partial charge in [0.25, 0.3) is 5.91 Å². The maximum atomic E-state index is 12.7. The highest BCUT2D eigenvalue weighted by molar-refractivity contribution is 5.93. The van der Waals surface area contributed by atoms with Crippen LogP contribution in [0.3, 0.4) is 0 Å². The minimum absolute atomic E-state index is 0.0468. The van der Waals surface area contributed by atoms with E-state index in [0.29, 0.717) is 50.1 Å². The molecule has 2 aliphatic heterocycles. The molecule has 8 nitrogen and oxygen atoms in total. The Morgan fingerprint density at radius 1 is 1.24 bits per heavy atom. The molecule has 0 radical (unpaired) electrons. The Labute approximate surface area is 147 Å². The summed E-state index contributed by atoms with van der Waals surface area (Å²) < 4.78 is 5.59. The number of anilines is 1. The first-order valence-electron chi connectivity index (χ1n) is 8.79. The van der Waals surface area contributed by atoms with E-state index >= 15 is 0 Å². The summed E-state index contributed by atoms with van der Waals surface area (Å²) >= 11 is 0. The number of nitrogens with one attached hydrogen (secondary N) is 1. The van der Waals surface area contributed by atoms with E-state index in [1.165, 1.54) is 0 Å². The molecule has 0 aliphatic carbocycles. The van der Waals surface area contributed by atoms with Crippen molar-refractivity contribution in [3.05, 3.63) is 17.6 Å². The molecule has 136 valence electrons. The van der Waals surface area contributed by atoms with Crippen molar-refractivity contribution < 1.29 is 14.3 Å². The predicted octanol–water partition coefficient (Wildman–Crippen LogP) is 0.680. The lowest BCUT2D eigenvalue weighted by Crippen LogP contribution is -2.50. The third-order valence-electron chi connectivity index (χ3n) is 4.60. The van der Waals surface area contributed by atoms with Crippen LogP contribution in [0, 0.1) is 6.92 Å². The highest BCUT2D eigenvalue weighted by atomic mass is 16.5. The predicted molar refractivity (Wildman–Crippen MR) is 92.4 cm³/mol. The second-order valence-corrected chi connectivity index (χ2v) is 6.50. The van der Waals surface area contributed by atoms with Crippen LogP contribution < -0.4 is 5.32 Å². The van der Waals surface area contributed by atoms with Gasteiger partial charge in [-0.3, -0.25) is 9.59 Å². The Hall–Kier alpha value is -2.22. The van der Waals surface area contributed by atoms with E-state index in [4.69, 9.17) is 4.74 Å². The number of aryl methyl sites for hydroxylation is 1. The molecule has 2 aliphatic rings. The quantitative estimate of drug-likeness (QED) is 0.862. The molecular weight excluding hydrogens is 322 g/mol. The molecule has 0 saturated carbocycles. The van der Waals surface area contributed by atoms with E-state index in [1.807, 2.05) is 0 Å². The molecule has 2 amide bonds. The summed E-state index contributed by atoms with van der Waals surface area (Å²) in [5, 5.41) is 3.25. The fourth-order valence-corrected chi connectivity index (χ4v) is 3.18.